The van der Waals surface area contributed by atoms with Gasteiger partial charge in [0.15, 0.2) is 5.78 Å². The zero-order valence-electron chi connectivity index (χ0n) is 10.3. The van der Waals surface area contributed by atoms with E-state index in [1.54, 1.807) is 10.7 Å². The number of carbonyl (C=O) groups is 1. The Labute approximate surface area is 114 Å². The van der Waals surface area contributed by atoms with Crippen LogP contribution >= 0.6 is 11.6 Å². The molecule has 0 bridgehead atoms. The molecule has 3 aromatic rings. The molecule has 1 aromatic carbocycles. The van der Waals surface area contributed by atoms with Crippen molar-refractivity contribution in [3.63, 3.8) is 0 Å². The monoisotopic (exact) mass is 274 g/mol. The number of aryl methyl sites for hydroxylation is 1. The van der Waals surface area contributed by atoms with E-state index in [2.05, 4.69) is 5.10 Å². The number of para-hydroxylation sites is 1. The van der Waals surface area contributed by atoms with Gasteiger partial charge in [-0.2, -0.15) is 5.10 Å². The summed E-state index contributed by atoms with van der Waals surface area (Å²) in [6.45, 7) is 0. The van der Waals surface area contributed by atoms with Crippen LogP contribution in [-0.4, -0.2) is 15.6 Å². The number of Topliss-reactive ketones (excluding diaryl/α,β-unsaturated/α-hetero) is 1. The van der Waals surface area contributed by atoms with E-state index < -0.39 is 0 Å². The third kappa shape index (κ3) is 2.04. The van der Waals surface area contributed by atoms with Crippen LogP contribution in [0.25, 0.3) is 10.9 Å². The number of ketones is 1. The van der Waals surface area contributed by atoms with Crippen LogP contribution in [0.2, 0.25) is 5.22 Å². The highest BCUT2D eigenvalue weighted by Gasteiger charge is 2.17. The number of benzene rings is 1. The normalized spacial score (nSPS) is 11.1. The van der Waals surface area contributed by atoms with Crippen molar-refractivity contribution >= 4 is 28.3 Å². The third-order valence-electron chi connectivity index (χ3n) is 3.08. The predicted molar refractivity (Wildman–Crippen MR) is 72.5 cm³/mol. The van der Waals surface area contributed by atoms with Crippen LogP contribution in [0.4, 0.5) is 0 Å². The van der Waals surface area contributed by atoms with E-state index >= 15 is 0 Å². The first-order valence-electron chi connectivity index (χ1n) is 5.83. The summed E-state index contributed by atoms with van der Waals surface area (Å²) in [7, 11) is 1.86. The van der Waals surface area contributed by atoms with E-state index in [0.717, 1.165) is 16.6 Å². The highest BCUT2D eigenvalue weighted by Crippen LogP contribution is 2.22. The molecule has 3 rings (SSSR count). The van der Waals surface area contributed by atoms with E-state index in [-0.39, 0.29) is 17.4 Å². The van der Waals surface area contributed by atoms with Crippen LogP contribution in [0.3, 0.4) is 0 Å². The molecule has 0 fully saturated rings. The number of halogens is 1. The van der Waals surface area contributed by atoms with Crippen molar-refractivity contribution in [3.05, 3.63) is 53.1 Å². The van der Waals surface area contributed by atoms with Gasteiger partial charge in [-0.05, 0) is 23.7 Å². The number of carbonyl (C=O) groups excluding carboxylic acids is 1. The van der Waals surface area contributed by atoms with Crippen molar-refractivity contribution in [3.8, 4) is 0 Å². The van der Waals surface area contributed by atoms with Crippen molar-refractivity contribution < 1.29 is 9.21 Å². The summed E-state index contributed by atoms with van der Waals surface area (Å²) < 4.78 is 6.71. The van der Waals surface area contributed by atoms with Gasteiger partial charge < -0.3 is 4.42 Å². The zero-order chi connectivity index (χ0) is 13.4. The third-order valence-corrected chi connectivity index (χ3v) is 3.37. The standard InChI is InChI=1S/C14H11ClN2O2/c1-17-12-5-3-2-4-9(12)11(16-17)8-13(18)10-6-7-19-14(10)15/h2-7H,8H2,1H3. The molecule has 0 saturated heterocycles. The Morgan fingerprint density at radius 1 is 1.37 bits per heavy atom. The molecule has 4 nitrogen and oxygen atoms in total. The predicted octanol–water partition coefficient (Wildman–Crippen LogP) is 3.25. The number of hydrogen-bond donors (Lipinski definition) is 0. The van der Waals surface area contributed by atoms with Gasteiger partial charge in [0, 0.05) is 12.4 Å². The van der Waals surface area contributed by atoms with Crippen LogP contribution in [0.1, 0.15) is 16.1 Å². The van der Waals surface area contributed by atoms with Gasteiger partial charge in [-0.25, -0.2) is 0 Å². The zero-order valence-corrected chi connectivity index (χ0v) is 11.0. The highest BCUT2D eigenvalue weighted by molar-refractivity contribution is 6.32. The smallest absolute Gasteiger partial charge is 0.203 e. The molecular weight excluding hydrogens is 264 g/mol. The van der Waals surface area contributed by atoms with Gasteiger partial charge in [0.2, 0.25) is 5.22 Å². The Balaban J connectivity index is 1.98. The summed E-state index contributed by atoms with van der Waals surface area (Å²) in [5.41, 5.74) is 2.15. The molecule has 2 heterocycles. The average molecular weight is 275 g/mol. The summed E-state index contributed by atoms with van der Waals surface area (Å²) in [6, 6.07) is 9.39. The fraction of sp³-hybridized carbons (Fsp3) is 0.143. The summed E-state index contributed by atoms with van der Waals surface area (Å²) >= 11 is 5.81. The summed E-state index contributed by atoms with van der Waals surface area (Å²) in [4.78, 5) is 12.2. The lowest BCUT2D eigenvalue weighted by Crippen LogP contribution is -2.04. The molecule has 0 aliphatic rings. The Morgan fingerprint density at radius 3 is 2.89 bits per heavy atom. The molecule has 0 amide bonds. The van der Waals surface area contributed by atoms with Crippen molar-refractivity contribution in [2.24, 2.45) is 7.05 Å². The molecular formula is C14H11ClN2O2. The minimum Gasteiger partial charge on any atom is -0.452 e. The van der Waals surface area contributed by atoms with Gasteiger partial charge in [0.05, 0.1) is 29.5 Å². The lowest BCUT2D eigenvalue weighted by Gasteiger charge is -1.96. The van der Waals surface area contributed by atoms with Crippen LogP contribution in [0.15, 0.2) is 41.0 Å². The Bertz CT molecular complexity index is 758. The van der Waals surface area contributed by atoms with E-state index in [1.165, 1.54) is 6.26 Å². The van der Waals surface area contributed by atoms with Crippen LogP contribution in [0, 0.1) is 0 Å². The van der Waals surface area contributed by atoms with E-state index in [9.17, 15) is 4.79 Å². The molecule has 19 heavy (non-hydrogen) atoms. The molecule has 0 unspecified atom stereocenters. The van der Waals surface area contributed by atoms with Gasteiger partial charge in [0.25, 0.3) is 0 Å². The molecule has 0 spiro atoms. The minimum atomic E-state index is -0.0948. The fourth-order valence-corrected chi connectivity index (χ4v) is 2.38. The number of aromatic nitrogens is 2. The van der Waals surface area contributed by atoms with E-state index in [4.69, 9.17) is 16.0 Å². The Morgan fingerprint density at radius 2 is 2.16 bits per heavy atom. The maximum absolute atomic E-state index is 12.2. The number of hydrogen-bond acceptors (Lipinski definition) is 3. The first-order chi connectivity index (χ1) is 9.16. The number of furan rings is 1. The van der Waals surface area contributed by atoms with Gasteiger partial charge >= 0.3 is 0 Å². The summed E-state index contributed by atoms with van der Waals surface area (Å²) in [6.07, 6.45) is 1.62. The van der Waals surface area contributed by atoms with Crippen molar-refractivity contribution in [2.75, 3.05) is 0 Å². The lowest BCUT2D eigenvalue weighted by atomic mass is 10.1. The maximum atomic E-state index is 12.2. The first-order valence-corrected chi connectivity index (χ1v) is 6.21. The summed E-state index contributed by atoms with van der Waals surface area (Å²) in [5.74, 6) is -0.0948. The van der Waals surface area contributed by atoms with Crippen LogP contribution in [0.5, 0.6) is 0 Å². The first kappa shape index (κ1) is 12.0. The molecule has 5 heteroatoms. The van der Waals surface area contributed by atoms with Gasteiger partial charge in [-0.15, -0.1) is 0 Å². The molecule has 96 valence electrons. The van der Waals surface area contributed by atoms with Crippen molar-refractivity contribution in [2.45, 2.75) is 6.42 Å². The molecule has 0 atom stereocenters. The largest absolute Gasteiger partial charge is 0.452 e. The molecule has 0 aliphatic heterocycles. The second kappa shape index (κ2) is 4.55. The van der Waals surface area contributed by atoms with Crippen LogP contribution in [-0.2, 0) is 13.5 Å². The molecule has 0 saturated carbocycles. The van der Waals surface area contributed by atoms with Gasteiger partial charge in [-0.3, -0.25) is 9.48 Å². The Hall–Kier alpha value is -2.07. The maximum Gasteiger partial charge on any atom is 0.203 e. The van der Waals surface area contributed by atoms with Crippen molar-refractivity contribution in [1.82, 2.24) is 9.78 Å². The lowest BCUT2D eigenvalue weighted by molar-refractivity contribution is 0.0991. The van der Waals surface area contributed by atoms with E-state index in [0.29, 0.717) is 5.56 Å². The fourth-order valence-electron chi connectivity index (χ4n) is 2.16. The topological polar surface area (TPSA) is 48.0 Å². The van der Waals surface area contributed by atoms with Gasteiger partial charge in [0.1, 0.15) is 0 Å². The number of rotatable bonds is 3. The molecule has 2 aromatic heterocycles. The highest BCUT2D eigenvalue weighted by atomic mass is 35.5. The second-order valence-corrected chi connectivity index (χ2v) is 4.64. The van der Waals surface area contributed by atoms with Crippen LogP contribution < -0.4 is 0 Å². The molecule has 0 aliphatic carbocycles. The Kier molecular flexibility index (Phi) is 2.87. The minimum absolute atomic E-state index is 0.0948. The van der Waals surface area contributed by atoms with E-state index in [1.807, 2.05) is 31.3 Å². The van der Waals surface area contributed by atoms with Crippen molar-refractivity contribution in [1.29, 1.82) is 0 Å². The number of nitrogens with zero attached hydrogens (tertiary/aromatic N) is 2. The quantitative estimate of drug-likeness (QED) is 0.689. The SMILES string of the molecule is Cn1nc(CC(=O)c2ccoc2Cl)c2ccccc21. The average Bonchev–Trinajstić information content (AvgIpc) is 2.95. The van der Waals surface area contributed by atoms with Gasteiger partial charge in [-0.1, -0.05) is 18.2 Å². The molecule has 0 radical (unpaired) electrons. The molecule has 0 N–H and O–H groups in total. The number of fused-ring (bicyclic) bond motifs is 1. The summed E-state index contributed by atoms with van der Waals surface area (Å²) in [5, 5.41) is 5.51. The second-order valence-electron chi connectivity index (χ2n) is 4.30.